The third kappa shape index (κ3) is 4.79. The van der Waals surface area contributed by atoms with E-state index in [1.807, 2.05) is 44.2 Å². The number of benzene rings is 1. The van der Waals surface area contributed by atoms with E-state index in [2.05, 4.69) is 20.3 Å². The van der Waals surface area contributed by atoms with E-state index in [1.54, 1.807) is 7.11 Å². The van der Waals surface area contributed by atoms with Gasteiger partial charge in [-0.05, 0) is 50.6 Å². The molecule has 2 heterocycles. The van der Waals surface area contributed by atoms with Crippen LogP contribution in [0.4, 0.5) is 11.1 Å². The Morgan fingerprint density at radius 3 is 2.41 bits per heavy atom. The monoisotopic (exact) mass is 384 g/mol. The van der Waals surface area contributed by atoms with Crippen molar-refractivity contribution in [1.82, 2.24) is 15.0 Å². The molecule has 0 saturated heterocycles. The van der Waals surface area contributed by atoms with Crippen molar-refractivity contribution >= 4 is 28.4 Å². The molecule has 0 amide bonds. The Hall–Kier alpha value is -3.00. The standard InChI is InChI=1S/C19H20N4O3S/c1-11-10-12(2)21-18(20-11)23-19-22-17(15(27-19)8-9-16(24)25)13-4-6-14(26-3)7-5-13/h4-7,10H,8-9H2,1-3H3,(H,24,25)(H,20,21,22,23). The van der Waals surface area contributed by atoms with Gasteiger partial charge in [-0.25, -0.2) is 15.0 Å². The molecule has 8 heteroatoms. The minimum atomic E-state index is -0.837. The van der Waals surface area contributed by atoms with Gasteiger partial charge in [-0.15, -0.1) is 11.3 Å². The molecule has 1 aromatic carbocycles. The molecular formula is C19H20N4O3S. The predicted molar refractivity (Wildman–Crippen MR) is 105 cm³/mol. The number of aromatic nitrogens is 3. The number of hydrogen-bond donors (Lipinski definition) is 2. The van der Waals surface area contributed by atoms with Crippen LogP contribution in [0, 0.1) is 13.8 Å². The third-order valence-corrected chi connectivity index (χ3v) is 4.86. The molecule has 0 atom stereocenters. The van der Waals surface area contributed by atoms with E-state index in [0.29, 0.717) is 17.5 Å². The van der Waals surface area contributed by atoms with E-state index in [-0.39, 0.29) is 6.42 Å². The molecule has 2 N–H and O–H groups in total. The average molecular weight is 384 g/mol. The summed E-state index contributed by atoms with van der Waals surface area (Å²) in [4.78, 5) is 25.3. The van der Waals surface area contributed by atoms with Crippen LogP contribution in [0.25, 0.3) is 11.3 Å². The van der Waals surface area contributed by atoms with Gasteiger partial charge in [0.1, 0.15) is 5.75 Å². The van der Waals surface area contributed by atoms with Crippen molar-refractivity contribution < 1.29 is 14.6 Å². The molecule has 2 aromatic heterocycles. The lowest BCUT2D eigenvalue weighted by Crippen LogP contribution is -1.99. The molecule has 27 heavy (non-hydrogen) atoms. The molecular weight excluding hydrogens is 364 g/mol. The van der Waals surface area contributed by atoms with E-state index in [0.717, 1.165) is 33.3 Å². The normalized spacial score (nSPS) is 10.6. The minimum Gasteiger partial charge on any atom is -0.497 e. The van der Waals surface area contributed by atoms with Crippen molar-refractivity contribution in [1.29, 1.82) is 0 Å². The Balaban J connectivity index is 1.93. The summed E-state index contributed by atoms with van der Waals surface area (Å²) in [6.45, 7) is 3.81. The SMILES string of the molecule is COc1ccc(-c2nc(Nc3nc(C)cc(C)n3)sc2CCC(=O)O)cc1. The molecule has 0 aliphatic heterocycles. The van der Waals surface area contributed by atoms with Gasteiger partial charge in [0, 0.05) is 21.8 Å². The lowest BCUT2D eigenvalue weighted by atomic mass is 10.1. The molecule has 0 aliphatic carbocycles. The molecule has 0 spiro atoms. The maximum atomic E-state index is 11.0. The van der Waals surface area contributed by atoms with E-state index in [1.165, 1.54) is 11.3 Å². The van der Waals surface area contributed by atoms with Crippen LogP contribution in [-0.4, -0.2) is 33.1 Å². The zero-order valence-corrected chi connectivity index (χ0v) is 16.1. The van der Waals surface area contributed by atoms with Crippen LogP contribution < -0.4 is 10.1 Å². The van der Waals surface area contributed by atoms with Crippen molar-refractivity contribution in [2.24, 2.45) is 0 Å². The van der Waals surface area contributed by atoms with E-state index < -0.39 is 5.97 Å². The first-order valence-electron chi connectivity index (χ1n) is 8.40. The third-order valence-electron chi connectivity index (χ3n) is 3.83. The van der Waals surface area contributed by atoms with Crippen LogP contribution in [0.1, 0.15) is 22.7 Å². The second-order valence-electron chi connectivity index (χ2n) is 6.01. The number of ether oxygens (including phenoxy) is 1. The highest BCUT2D eigenvalue weighted by Crippen LogP contribution is 2.34. The smallest absolute Gasteiger partial charge is 0.303 e. The van der Waals surface area contributed by atoms with Crippen molar-refractivity contribution in [3.8, 4) is 17.0 Å². The predicted octanol–water partition coefficient (Wildman–Crippen LogP) is 3.99. The Kier molecular flexibility index (Phi) is 5.66. The molecule has 3 rings (SSSR count). The number of aliphatic carboxylic acids is 1. The van der Waals surface area contributed by atoms with Gasteiger partial charge in [0.15, 0.2) is 5.13 Å². The zero-order chi connectivity index (χ0) is 19.4. The van der Waals surface area contributed by atoms with Gasteiger partial charge in [0.2, 0.25) is 5.95 Å². The number of thiazole rings is 1. The number of aryl methyl sites for hydroxylation is 3. The lowest BCUT2D eigenvalue weighted by Gasteiger charge is -2.04. The van der Waals surface area contributed by atoms with Gasteiger partial charge >= 0.3 is 5.97 Å². The average Bonchev–Trinajstić information content (AvgIpc) is 3.01. The number of carboxylic acid groups (broad SMARTS) is 1. The van der Waals surface area contributed by atoms with E-state index >= 15 is 0 Å². The number of nitrogens with one attached hydrogen (secondary N) is 1. The molecule has 0 bridgehead atoms. The molecule has 0 fully saturated rings. The minimum absolute atomic E-state index is 0.0465. The quantitative estimate of drug-likeness (QED) is 0.636. The van der Waals surface area contributed by atoms with Crippen LogP contribution in [0.5, 0.6) is 5.75 Å². The second-order valence-corrected chi connectivity index (χ2v) is 7.10. The largest absolute Gasteiger partial charge is 0.497 e. The van der Waals surface area contributed by atoms with Gasteiger partial charge in [-0.1, -0.05) is 0 Å². The number of rotatable bonds is 7. The fourth-order valence-electron chi connectivity index (χ4n) is 2.65. The van der Waals surface area contributed by atoms with Gasteiger partial charge in [-0.2, -0.15) is 0 Å². The number of nitrogens with zero attached hydrogens (tertiary/aromatic N) is 3. The summed E-state index contributed by atoms with van der Waals surface area (Å²) >= 11 is 1.42. The fourth-order valence-corrected chi connectivity index (χ4v) is 3.62. The van der Waals surface area contributed by atoms with Gasteiger partial charge in [0.25, 0.3) is 0 Å². The maximum absolute atomic E-state index is 11.0. The van der Waals surface area contributed by atoms with Gasteiger partial charge in [-0.3, -0.25) is 4.79 Å². The van der Waals surface area contributed by atoms with Crippen molar-refractivity contribution in [3.05, 3.63) is 46.6 Å². The summed E-state index contributed by atoms with van der Waals surface area (Å²) < 4.78 is 5.20. The first-order chi connectivity index (χ1) is 12.9. The van der Waals surface area contributed by atoms with Crippen LogP contribution in [0.15, 0.2) is 30.3 Å². The molecule has 0 radical (unpaired) electrons. The number of hydrogen-bond acceptors (Lipinski definition) is 7. The summed E-state index contributed by atoms with van der Waals surface area (Å²) in [6, 6.07) is 9.43. The Morgan fingerprint density at radius 1 is 1.15 bits per heavy atom. The van der Waals surface area contributed by atoms with Crippen LogP contribution in [0.3, 0.4) is 0 Å². The number of anilines is 2. The first-order valence-corrected chi connectivity index (χ1v) is 9.21. The molecule has 140 valence electrons. The highest BCUT2D eigenvalue weighted by Gasteiger charge is 2.15. The number of carboxylic acids is 1. The van der Waals surface area contributed by atoms with E-state index in [4.69, 9.17) is 9.84 Å². The summed E-state index contributed by atoms with van der Waals surface area (Å²) in [5.41, 5.74) is 3.39. The highest BCUT2D eigenvalue weighted by atomic mass is 32.1. The Morgan fingerprint density at radius 2 is 1.81 bits per heavy atom. The maximum Gasteiger partial charge on any atom is 0.303 e. The number of methoxy groups -OCH3 is 1. The summed E-state index contributed by atoms with van der Waals surface area (Å²) in [7, 11) is 1.61. The zero-order valence-electron chi connectivity index (χ0n) is 15.3. The number of carbonyl (C=O) groups is 1. The van der Waals surface area contributed by atoms with Crippen molar-refractivity contribution in [2.75, 3.05) is 12.4 Å². The molecule has 0 saturated carbocycles. The molecule has 3 aromatic rings. The van der Waals surface area contributed by atoms with Gasteiger partial charge < -0.3 is 15.2 Å². The van der Waals surface area contributed by atoms with Crippen LogP contribution in [0.2, 0.25) is 0 Å². The second kappa shape index (κ2) is 8.13. The summed E-state index contributed by atoms with van der Waals surface area (Å²) in [5, 5.41) is 12.8. The highest BCUT2D eigenvalue weighted by molar-refractivity contribution is 7.16. The van der Waals surface area contributed by atoms with Crippen LogP contribution in [-0.2, 0) is 11.2 Å². The van der Waals surface area contributed by atoms with Crippen molar-refractivity contribution in [2.45, 2.75) is 26.7 Å². The Bertz CT molecular complexity index is 934. The molecule has 7 nitrogen and oxygen atoms in total. The summed E-state index contributed by atoms with van der Waals surface area (Å²) in [6.07, 6.45) is 0.453. The topological polar surface area (TPSA) is 97.2 Å². The van der Waals surface area contributed by atoms with Crippen LogP contribution >= 0.6 is 11.3 Å². The fraction of sp³-hybridized carbons (Fsp3) is 0.263. The van der Waals surface area contributed by atoms with Crippen molar-refractivity contribution in [3.63, 3.8) is 0 Å². The van der Waals surface area contributed by atoms with E-state index in [9.17, 15) is 4.79 Å². The molecule has 0 aliphatic rings. The Labute approximate surface area is 161 Å². The summed E-state index contributed by atoms with van der Waals surface area (Å²) in [5.74, 6) is 0.395. The molecule has 0 unspecified atom stereocenters. The van der Waals surface area contributed by atoms with Gasteiger partial charge in [0.05, 0.1) is 19.2 Å². The first kappa shape index (κ1) is 18.8. The lowest BCUT2D eigenvalue weighted by molar-refractivity contribution is -0.136.